The minimum Gasteiger partial charge on any atom is -0.481 e. The first-order valence-corrected chi connectivity index (χ1v) is 34.0. The zero-order valence-corrected chi connectivity index (χ0v) is 55.4. The van der Waals surface area contributed by atoms with Gasteiger partial charge in [0.15, 0.2) is 37.7 Å². The van der Waals surface area contributed by atoms with E-state index in [0.29, 0.717) is 38.0 Å². The number of carboxylic acids is 1. The Balaban J connectivity index is 0.870. The van der Waals surface area contributed by atoms with Gasteiger partial charge in [-0.2, -0.15) is 0 Å². The summed E-state index contributed by atoms with van der Waals surface area (Å²) in [4.78, 5) is 14.1. The van der Waals surface area contributed by atoms with Gasteiger partial charge in [-0.05, 0) is 112 Å². The maximum atomic E-state index is 14.1. The second kappa shape index (κ2) is 30.6. The molecule has 8 fully saturated rings. The topological polar surface area (TPSA) is 492 Å². The van der Waals surface area contributed by atoms with Crippen molar-refractivity contribution in [2.45, 2.75) is 297 Å². The van der Waals surface area contributed by atoms with Gasteiger partial charge in [0.25, 0.3) is 0 Å². The third-order valence-electron chi connectivity index (χ3n) is 23.6. The molecule has 0 aromatic heterocycles. The first kappa shape index (κ1) is 76.4. The highest BCUT2D eigenvalue weighted by molar-refractivity contribution is 5.82. The van der Waals surface area contributed by atoms with E-state index in [-0.39, 0.29) is 18.3 Å². The van der Waals surface area contributed by atoms with E-state index in [2.05, 4.69) is 54.5 Å². The van der Waals surface area contributed by atoms with Crippen LogP contribution in [0.25, 0.3) is 0 Å². The van der Waals surface area contributed by atoms with E-state index in [0.717, 1.165) is 37.7 Å². The summed E-state index contributed by atoms with van der Waals surface area (Å²) in [5, 5.41) is 197. The first-order valence-electron chi connectivity index (χ1n) is 34.0. The summed E-state index contributed by atoms with van der Waals surface area (Å²) in [6, 6.07) is 0. The number of allylic oxidation sites excluding steroid dienone is 3. The second-order valence-corrected chi connectivity index (χ2v) is 29.7. The van der Waals surface area contributed by atoms with Crippen LogP contribution in [-0.4, -0.2) is 316 Å². The molecule has 6 heterocycles. The third-order valence-corrected chi connectivity index (χ3v) is 23.6. The SMILES string of the molecule is CC(C)=CCC[C@@H](C)[C@H]1CC[C@@]2(C(=O)O)C3=C(CC[C@]12C)[C@@]1(C)CC[C@H](O[C@@H]2OC[C@H](O)[C@H](O[C@@H]4O[C@H](CO)C[C@H](O[C@@H]5O[C@H](CO)[C@H](O[C@@H]6O[C@H](CO)[C@@H](O)[C@H](O)[C@H]6O[C@@H]6O[C@H](CO)[C@@H](O)[C@H](O)[C@H]6O)[C@H](O)[C@H]5O)[C@H]4O)[C@H]2O[C@@H]2O[C@H](CO)[C@H](O)[C@H](O)[C@H]2O)C(C)(C)[C@@H]1CC3. The molecule has 96 heavy (non-hydrogen) atoms. The number of fused-ring (bicyclic) bond motifs is 4. The van der Waals surface area contributed by atoms with Gasteiger partial charge < -0.3 is 149 Å². The predicted octanol–water partition coefficient (Wildman–Crippen LogP) is -3.84. The molecule has 4 aliphatic carbocycles. The lowest BCUT2D eigenvalue weighted by atomic mass is 9.43. The van der Waals surface area contributed by atoms with Crippen LogP contribution in [0.5, 0.6) is 0 Å². The maximum absolute atomic E-state index is 14.1. The number of aliphatic hydroxyl groups is 17. The van der Waals surface area contributed by atoms with E-state index in [9.17, 15) is 96.7 Å². The quantitative estimate of drug-likeness (QED) is 0.0462. The number of rotatable bonds is 22. The van der Waals surface area contributed by atoms with E-state index < -0.39 is 245 Å². The van der Waals surface area contributed by atoms with E-state index in [1.165, 1.54) is 11.1 Å². The molecule has 0 aromatic rings. The van der Waals surface area contributed by atoms with Crippen molar-refractivity contribution in [2.24, 2.45) is 39.4 Å². The van der Waals surface area contributed by atoms with Gasteiger partial charge in [-0.1, -0.05) is 57.4 Å². The zero-order valence-electron chi connectivity index (χ0n) is 55.4. The highest BCUT2D eigenvalue weighted by atomic mass is 16.8. The molecule has 6 saturated heterocycles. The van der Waals surface area contributed by atoms with Crippen LogP contribution in [0.15, 0.2) is 22.8 Å². The fraction of sp³-hybridized carbons (Fsp3) is 0.923. The maximum Gasteiger partial charge on any atom is 0.314 e. The fourth-order valence-electron chi connectivity index (χ4n) is 18.2. The summed E-state index contributed by atoms with van der Waals surface area (Å²) >= 11 is 0. The fourth-order valence-corrected chi connectivity index (χ4v) is 18.2. The van der Waals surface area contributed by atoms with E-state index in [1.54, 1.807) is 0 Å². The first-order chi connectivity index (χ1) is 45.4. The van der Waals surface area contributed by atoms with Crippen LogP contribution in [0.2, 0.25) is 0 Å². The van der Waals surface area contributed by atoms with Crippen LogP contribution in [-0.2, 0) is 61.6 Å². The molecule has 10 rings (SSSR count). The van der Waals surface area contributed by atoms with E-state index in [1.807, 2.05) is 0 Å². The standard InChI is InChI=1S/C65H106O31/c1-26(2)9-8-10-27(3)29-14-18-65(61(83)84)31-11-12-38-62(4,5)39(15-16-63(38,6)30(31)13-17-64(29,65)7)92-59-54(96-58-49(81)45(77)41(73)35(22-68)89-58)51(32(71)25-85-59)93-55-43(75)33(19-28(20-66)86-55)87-56-50(82)47(79)52(37(24-70)91-56)94-60-53(46(78)42(74)36(23-69)90-60)95-57-48(80)44(76)40(72)34(21-67)88-57/h9,27-29,32-60,66-82H,8,10-25H2,1-7H3,(H,83,84)/t27-,28+,29-,32+,33+,34-,35-,36-,37-,38+,39+,40-,41+,42-,43-,44+,45+,46+,47-,48-,49-,50-,51+,52+,53-,54-,55+,56-,57+,58+,59+,60+,63-,64-,65+/m1/s1. The number of carbonyl (C=O) groups is 1. The molecule has 31 heteroatoms. The lowest BCUT2D eigenvalue weighted by Crippen LogP contribution is -2.67. The molecule has 6 aliphatic heterocycles. The Morgan fingerprint density at radius 3 is 1.62 bits per heavy atom. The molecule has 0 aromatic carbocycles. The van der Waals surface area contributed by atoms with Crippen molar-refractivity contribution in [2.75, 3.05) is 39.6 Å². The molecule has 2 saturated carbocycles. The minimum absolute atomic E-state index is 0.0458. The van der Waals surface area contributed by atoms with Crippen LogP contribution in [0.3, 0.4) is 0 Å². The Kier molecular flexibility index (Phi) is 24.4. The minimum atomic E-state index is -2.14. The molecule has 10 aliphatic rings. The highest BCUT2D eigenvalue weighted by Crippen LogP contribution is 2.73. The average Bonchev–Trinajstić information content (AvgIpc) is 1.48. The summed E-state index contributed by atoms with van der Waals surface area (Å²) < 4.78 is 73.0. The molecule has 552 valence electrons. The molecular formula is C65H106O31. The number of aliphatic hydroxyl groups excluding tert-OH is 17. The largest absolute Gasteiger partial charge is 0.481 e. The molecule has 35 atom stereocenters. The van der Waals surface area contributed by atoms with Gasteiger partial charge in [0, 0.05) is 6.42 Å². The van der Waals surface area contributed by atoms with Crippen molar-refractivity contribution in [3.63, 3.8) is 0 Å². The third kappa shape index (κ3) is 14.0. The number of hydrogen-bond acceptors (Lipinski definition) is 30. The van der Waals surface area contributed by atoms with Crippen LogP contribution in [0.4, 0.5) is 0 Å². The predicted molar refractivity (Wildman–Crippen MR) is 323 cm³/mol. The summed E-state index contributed by atoms with van der Waals surface area (Å²) in [6.45, 7) is 10.2. The van der Waals surface area contributed by atoms with Crippen molar-refractivity contribution in [3.8, 4) is 0 Å². The number of ether oxygens (including phenoxy) is 12. The Hall–Kier alpha value is -2.21. The summed E-state index contributed by atoms with van der Waals surface area (Å²) in [5.74, 6) is -0.245. The highest BCUT2D eigenvalue weighted by Gasteiger charge is 2.69. The summed E-state index contributed by atoms with van der Waals surface area (Å²) in [7, 11) is 0. The van der Waals surface area contributed by atoms with Crippen LogP contribution in [0, 0.1) is 39.4 Å². The van der Waals surface area contributed by atoms with Crippen molar-refractivity contribution in [1.82, 2.24) is 0 Å². The second-order valence-electron chi connectivity index (χ2n) is 29.7. The number of hydrogen-bond donors (Lipinski definition) is 18. The molecule has 0 spiro atoms. The van der Waals surface area contributed by atoms with Crippen molar-refractivity contribution in [1.29, 1.82) is 0 Å². The molecule has 18 N–H and O–H groups in total. The molecule has 0 amide bonds. The molecule has 0 radical (unpaired) electrons. The van der Waals surface area contributed by atoms with Gasteiger partial charge in [-0.25, -0.2) is 0 Å². The van der Waals surface area contributed by atoms with Crippen molar-refractivity contribution < 1.29 is 154 Å². The normalized spacial score (nSPS) is 50.1. The lowest BCUT2D eigenvalue weighted by Gasteiger charge is -2.62. The monoisotopic (exact) mass is 1380 g/mol. The van der Waals surface area contributed by atoms with Crippen molar-refractivity contribution >= 4 is 5.97 Å². The van der Waals surface area contributed by atoms with Crippen LogP contribution >= 0.6 is 0 Å². The Bertz CT molecular complexity index is 2650. The van der Waals surface area contributed by atoms with Crippen LogP contribution in [0.1, 0.15) is 119 Å². The molecule has 0 bridgehead atoms. The van der Waals surface area contributed by atoms with E-state index in [4.69, 9.17) is 56.8 Å². The Labute approximate surface area is 556 Å². The van der Waals surface area contributed by atoms with E-state index >= 15 is 0 Å². The van der Waals surface area contributed by atoms with Gasteiger partial charge in [-0.3, -0.25) is 4.79 Å². The summed E-state index contributed by atoms with van der Waals surface area (Å²) in [6.07, 6.45) is -42.3. The summed E-state index contributed by atoms with van der Waals surface area (Å²) in [5.41, 5.74) is 0.988. The molecule has 0 unspecified atom stereocenters. The van der Waals surface area contributed by atoms with Gasteiger partial charge >= 0.3 is 5.97 Å². The smallest absolute Gasteiger partial charge is 0.314 e. The number of carboxylic acid groups (broad SMARTS) is 1. The van der Waals surface area contributed by atoms with Gasteiger partial charge in [0.1, 0.15) is 122 Å². The van der Waals surface area contributed by atoms with Crippen LogP contribution < -0.4 is 0 Å². The molecular weight excluding hydrogens is 1280 g/mol. The average molecular weight is 1380 g/mol. The van der Waals surface area contributed by atoms with Gasteiger partial charge in [0.05, 0.1) is 63.4 Å². The lowest BCUT2D eigenvalue weighted by molar-refractivity contribution is -0.398. The van der Waals surface area contributed by atoms with Crippen molar-refractivity contribution in [3.05, 3.63) is 22.8 Å². The Morgan fingerprint density at radius 2 is 1.04 bits per heavy atom. The zero-order chi connectivity index (χ0) is 70.0. The number of aliphatic carboxylic acids is 1. The van der Waals surface area contributed by atoms with Gasteiger partial charge in [-0.15, -0.1) is 0 Å². The van der Waals surface area contributed by atoms with Gasteiger partial charge in [0.2, 0.25) is 0 Å². The Morgan fingerprint density at radius 1 is 0.521 bits per heavy atom. The molecule has 31 nitrogen and oxygen atoms in total.